The van der Waals surface area contributed by atoms with Crippen molar-refractivity contribution in [1.29, 1.82) is 0 Å². The average Bonchev–Trinajstić information content (AvgIpc) is 3.11. The molecule has 22 heavy (non-hydrogen) atoms. The van der Waals surface area contributed by atoms with Crippen molar-refractivity contribution in [2.45, 2.75) is 34.1 Å². The fraction of sp³-hybridized carbons (Fsp3) is 0.562. The van der Waals surface area contributed by atoms with Crippen LogP contribution in [0.1, 0.15) is 52.4 Å². The molecule has 6 heteroatoms. The molecule has 0 bridgehead atoms. The molecule has 1 aliphatic rings. The minimum absolute atomic E-state index is 0.0729. The number of carbonyl (C=O) groups excluding carboxylic acids is 3. The molecule has 2 atom stereocenters. The molecule has 1 aromatic rings. The van der Waals surface area contributed by atoms with Gasteiger partial charge >= 0.3 is 11.9 Å². The van der Waals surface area contributed by atoms with Crippen molar-refractivity contribution in [1.82, 2.24) is 4.98 Å². The van der Waals surface area contributed by atoms with E-state index in [1.807, 2.05) is 6.92 Å². The number of nitrogens with one attached hydrogen (secondary N) is 1. The number of Topliss-reactive ketones (excluding diaryl/α,β-unsaturated/α-hetero) is 1. The summed E-state index contributed by atoms with van der Waals surface area (Å²) in [6.07, 6.45) is 0.822. The Morgan fingerprint density at radius 1 is 1.23 bits per heavy atom. The Balaban J connectivity index is 2.06. The number of hydrogen-bond acceptors (Lipinski definition) is 5. The second-order valence-electron chi connectivity index (χ2n) is 5.70. The van der Waals surface area contributed by atoms with E-state index in [1.165, 1.54) is 0 Å². The van der Waals surface area contributed by atoms with E-state index in [2.05, 4.69) is 4.98 Å². The second kappa shape index (κ2) is 6.34. The maximum Gasteiger partial charge on any atom is 0.355 e. The molecule has 1 fully saturated rings. The maximum absolute atomic E-state index is 12.3. The molecule has 0 saturated heterocycles. The summed E-state index contributed by atoms with van der Waals surface area (Å²) >= 11 is 0. The highest BCUT2D eigenvalue weighted by molar-refractivity contribution is 6.03. The van der Waals surface area contributed by atoms with Gasteiger partial charge in [-0.25, -0.2) is 4.79 Å². The van der Waals surface area contributed by atoms with Gasteiger partial charge in [-0.1, -0.05) is 6.92 Å². The van der Waals surface area contributed by atoms with Crippen LogP contribution in [-0.2, 0) is 14.3 Å². The monoisotopic (exact) mass is 307 g/mol. The lowest BCUT2D eigenvalue weighted by atomic mass is 10.1. The van der Waals surface area contributed by atoms with Crippen LogP contribution in [-0.4, -0.2) is 35.9 Å². The first kappa shape index (κ1) is 16.3. The van der Waals surface area contributed by atoms with E-state index >= 15 is 0 Å². The zero-order valence-electron chi connectivity index (χ0n) is 13.3. The van der Waals surface area contributed by atoms with Gasteiger partial charge in [-0.15, -0.1) is 0 Å². The molecule has 0 amide bonds. The summed E-state index contributed by atoms with van der Waals surface area (Å²) in [5.74, 6) is -0.864. The number of ether oxygens (including phenoxy) is 2. The number of hydrogen-bond donors (Lipinski definition) is 1. The van der Waals surface area contributed by atoms with E-state index in [1.54, 1.807) is 20.8 Å². The molecule has 1 aromatic heterocycles. The Kier molecular flexibility index (Phi) is 4.68. The Hall–Kier alpha value is -2.11. The van der Waals surface area contributed by atoms with Gasteiger partial charge in [0.1, 0.15) is 5.69 Å². The number of aromatic nitrogens is 1. The largest absolute Gasteiger partial charge is 0.461 e. The Morgan fingerprint density at radius 3 is 2.41 bits per heavy atom. The number of esters is 2. The highest BCUT2D eigenvalue weighted by Crippen LogP contribution is 2.38. The molecule has 1 saturated carbocycles. The fourth-order valence-electron chi connectivity index (χ4n) is 2.54. The highest BCUT2D eigenvalue weighted by Gasteiger charge is 2.40. The van der Waals surface area contributed by atoms with Crippen LogP contribution in [0, 0.1) is 25.7 Å². The average molecular weight is 307 g/mol. The van der Waals surface area contributed by atoms with Gasteiger partial charge in [0.25, 0.3) is 0 Å². The van der Waals surface area contributed by atoms with Crippen LogP contribution in [0.3, 0.4) is 0 Å². The Bertz CT molecular complexity index is 616. The van der Waals surface area contributed by atoms with Gasteiger partial charge in [-0.3, -0.25) is 9.59 Å². The fourth-order valence-corrected chi connectivity index (χ4v) is 2.54. The molecule has 6 nitrogen and oxygen atoms in total. The summed E-state index contributed by atoms with van der Waals surface area (Å²) in [6.45, 7) is 7.02. The number of carbonyl (C=O) groups is 3. The summed E-state index contributed by atoms with van der Waals surface area (Å²) in [7, 11) is 0. The van der Waals surface area contributed by atoms with Crippen molar-refractivity contribution in [3.63, 3.8) is 0 Å². The van der Waals surface area contributed by atoms with E-state index in [9.17, 15) is 14.4 Å². The first-order valence-corrected chi connectivity index (χ1v) is 7.42. The van der Waals surface area contributed by atoms with Crippen molar-refractivity contribution in [3.05, 3.63) is 22.5 Å². The van der Waals surface area contributed by atoms with Crippen LogP contribution in [0.4, 0.5) is 0 Å². The minimum atomic E-state index is -0.494. The normalized spacial score (nSPS) is 19.6. The van der Waals surface area contributed by atoms with Gasteiger partial charge in [0.05, 0.1) is 12.5 Å². The summed E-state index contributed by atoms with van der Waals surface area (Å²) in [5.41, 5.74) is 1.75. The number of ketones is 1. The smallest absolute Gasteiger partial charge is 0.355 e. The molecule has 2 unspecified atom stereocenters. The van der Waals surface area contributed by atoms with E-state index in [-0.39, 0.29) is 36.6 Å². The van der Waals surface area contributed by atoms with Gasteiger partial charge in [0.2, 0.25) is 5.78 Å². The van der Waals surface area contributed by atoms with Crippen LogP contribution in [0.15, 0.2) is 0 Å². The molecule has 0 radical (unpaired) electrons. The minimum Gasteiger partial charge on any atom is -0.461 e. The first-order valence-electron chi connectivity index (χ1n) is 7.42. The molecular formula is C16H21NO5. The summed E-state index contributed by atoms with van der Waals surface area (Å²) in [4.78, 5) is 38.6. The number of aromatic amines is 1. The molecule has 2 rings (SSSR count). The predicted octanol–water partition coefficient (Wildman–Crippen LogP) is 2.19. The van der Waals surface area contributed by atoms with Crippen LogP contribution >= 0.6 is 0 Å². The van der Waals surface area contributed by atoms with E-state index in [4.69, 9.17) is 9.47 Å². The third-order valence-electron chi connectivity index (χ3n) is 3.95. The summed E-state index contributed by atoms with van der Waals surface area (Å²) < 4.78 is 10.0. The lowest BCUT2D eigenvalue weighted by molar-refractivity contribution is -0.144. The lowest BCUT2D eigenvalue weighted by Crippen LogP contribution is -2.17. The van der Waals surface area contributed by atoms with E-state index in [0.717, 1.165) is 6.42 Å². The topological polar surface area (TPSA) is 85.5 Å². The zero-order valence-corrected chi connectivity index (χ0v) is 13.3. The van der Waals surface area contributed by atoms with E-state index < -0.39 is 5.97 Å². The number of rotatable bonds is 6. The molecule has 0 aliphatic heterocycles. The maximum atomic E-state index is 12.3. The molecule has 120 valence electrons. The summed E-state index contributed by atoms with van der Waals surface area (Å²) in [6, 6.07) is 0. The third kappa shape index (κ3) is 3.21. The molecular weight excluding hydrogens is 286 g/mol. The zero-order chi connectivity index (χ0) is 16.4. The standard InChI is InChI=1S/C16H21NO5/c1-5-21-16(20)14-9(3)13(10(4)17-14)12(18)7-22-15(19)11-6-8(11)2/h8,11,17H,5-7H2,1-4H3. The molecule has 1 heterocycles. The van der Waals surface area contributed by atoms with E-state index in [0.29, 0.717) is 22.7 Å². The van der Waals surface area contributed by atoms with Crippen molar-refractivity contribution >= 4 is 17.7 Å². The van der Waals surface area contributed by atoms with Crippen molar-refractivity contribution in [2.75, 3.05) is 13.2 Å². The molecule has 1 aliphatic carbocycles. The lowest BCUT2D eigenvalue weighted by Gasteiger charge is -2.05. The van der Waals surface area contributed by atoms with Crippen LogP contribution in [0.25, 0.3) is 0 Å². The SMILES string of the molecule is CCOC(=O)c1[nH]c(C)c(C(=O)COC(=O)C2CC2C)c1C. The first-order chi connectivity index (χ1) is 10.4. The quantitative estimate of drug-likeness (QED) is 0.643. The molecule has 0 spiro atoms. The molecule has 0 aromatic carbocycles. The highest BCUT2D eigenvalue weighted by atomic mass is 16.5. The Labute approximate surface area is 129 Å². The van der Waals surface area contributed by atoms with Crippen molar-refractivity contribution in [3.8, 4) is 0 Å². The van der Waals surface area contributed by atoms with Gasteiger partial charge in [-0.05, 0) is 38.7 Å². The third-order valence-corrected chi connectivity index (χ3v) is 3.95. The van der Waals surface area contributed by atoms with Gasteiger partial charge in [0.15, 0.2) is 6.61 Å². The van der Waals surface area contributed by atoms with Crippen molar-refractivity contribution < 1.29 is 23.9 Å². The van der Waals surface area contributed by atoms with Crippen molar-refractivity contribution in [2.24, 2.45) is 11.8 Å². The number of aryl methyl sites for hydroxylation is 1. The second-order valence-corrected chi connectivity index (χ2v) is 5.70. The Morgan fingerprint density at radius 2 is 1.86 bits per heavy atom. The summed E-state index contributed by atoms with van der Waals surface area (Å²) in [5, 5.41) is 0. The van der Waals surface area contributed by atoms with Crippen LogP contribution in [0.5, 0.6) is 0 Å². The molecule has 1 N–H and O–H groups in total. The van der Waals surface area contributed by atoms with Crippen LogP contribution < -0.4 is 0 Å². The predicted molar refractivity (Wildman–Crippen MR) is 78.8 cm³/mol. The van der Waals surface area contributed by atoms with Gasteiger partial charge < -0.3 is 14.5 Å². The van der Waals surface area contributed by atoms with Gasteiger partial charge in [-0.2, -0.15) is 0 Å². The van der Waals surface area contributed by atoms with Gasteiger partial charge in [0, 0.05) is 11.3 Å². The van der Waals surface area contributed by atoms with Crippen LogP contribution in [0.2, 0.25) is 0 Å². The number of H-pyrrole nitrogens is 1.